The van der Waals surface area contributed by atoms with Crippen LogP contribution in [0.2, 0.25) is 5.28 Å². The number of amides is 1. The average Bonchev–Trinajstić information content (AvgIpc) is 3.31. The van der Waals surface area contributed by atoms with Crippen molar-refractivity contribution in [2.24, 2.45) is 23.2 Å². The third-order valence-corrected chi connectivity index (χ3v) is 10.5. The maximum Gasteiger partial charge on any atom is 0.226 e. The molecule has 2 aromatic heterocycles. The molecule has 3 N–H and O–H groups in total. The van der Waals surface area contributed by atoms with Crippen LogP contribution in [0, 0.1) is 23.2 Å². The average molecular weight is 547 g/mol. The summed E-state index contributed by atoms with van der Waals surface area (Å²) in [6.07, 6.45) is 9.44. The number of anilines is 1. The molecule has 38 heavy (non-hydrogen) atoms. The van der Waals surface area contributed by atoms with Crippen molar-refractivity contribution in [2.75, 3.05) is 31.2 Å². The third-order valence-electron chi connectivity index (χ3n) is 10.3. The first kappa shape index (κ1) is 26.2. The number of aromatic nitrogens is 4. The Hall–Kier alpha value is -2.01. The van der Waals surface area contributed by atoms with Crippen LogP contribution in [0.3, 0.4) is 0 Å². The molecule has 2 saturated carbocycles. The highest BCUT2D eigenvalue weighted by Gasteiger charge is 2.59. The number of hydrogen-bond acceptors (Lipinski definition) is 8. The predicted molar refractivity (Wildman–Crippen MR) is 143 cm³/mol. The van der Waals surface area contributed by atoms with Crippen LogP contribution < -0.4 is 10.2 Å². The summed E-state index contributed by atoms with van der Waals surface area (Å²) in [5.74, 6) is 2.44. The molecule has 7 atom stereocenters. The van der Waals surface area contributed by atoms with E-state index in [1.807, 2.05) is 4.57 Å². The topological polar surface area (TPSA) is 126 Å². The van der Waals surface area contributed by atoms with Gasteiger partial charge in [-0.3, -0.25) is 9.36 Å². The molecule has 0 spiro atoms. The number of fused-ring (bicyclic) bond motifs is 6. The number of halogens is 1. The molecule has 208 valence electrons. The lowest BCUT2D eigenvalue weighted by molar-refractivity contribution is -0.231. The number of imidazole rings is 1. The molecule has 2 aromatic rings. The zero-order chi connectivity index (χ0) is 26.7. The molecule has 2 aliphatic heterocycles. The number of carbonyl (C=O) groups is 1. The van der Waals surface area contributed by atoms with Crippen molar-refractivity contribution in [3.05, 3.63) is 11.6 Å². The molecule has 1 amide bonds. The molecule has 10 nitrogen and oxygen atoms in total. The summed E-state index contributed by atoms with van der Waals surface area (Å²) in [4.78, 5) is 27.4. The highest BCUT2D eigenvalue weighted by molar-refractivity contribution is 6.28. The Morgan fingerprint density at radius 2 is 1.89 bits per heavy atom. The summed E-state index contributed by atoms with van der Waals surface area (Å²) in [7, 11) is 0. The second-order valence-electron chi connectivity index (χ2n) is 12.2. The van der Waals surface area contributed by atoms with Crippen LogP contribution in [0.4, 0.5) is 5.82 Å². The van der Waals surface area contributed by atoms with Crippen LogP contribution in [0.5, 0.6) is 0 Å². The van der Waals surface area contributed by atoms with E-state index >= 15 is 0 Å². The van der Waals surface area contributed by atoms with E-state index in [2.05, 4.69) is 34.1 Å². The maximum atomic E-state index is 12.1. The number of nitrogens with zero attached hydrogens (tertiary/aromatic N) is 5. The van der Waals surface area contributed by atoms with E-state index in [9.17, 15) is 15.0 Å². The number of ether oxygens (including phenoxy) is 1. The zero-order valence-corrected chi connectivity index (χ0v) is 23.0. The number of nitrogens with one attached hydrogen (secondary N) is 1. The van der Waals surface area contributed by atoms with Gasteiger partial charge in [-0.15, -0.1) is 0 Å². The molecule has 4 fully saturated rings. The number of rotatable bonds is 6. The number of hydrogen-bond donors (Lipinski definition) is 3. The summed E-state index contributed by atoms with van der Waals surface area (Å²) in [6.45, 7) is 5.16. The lowest BCUT2D eigenvalue weighted by atomic mass is 9.48. The quantitative estimate of drug-likeness (QED) is 0.472. The summed E-state index contributed by atoms with van der Waals surface area (Å²) in [5, 5.41) is 22.5. The first-order valence-corrected chi connectivity index (χ1v) is 14.5. The second kappa shape index (κ2) is 9.87. The highest BCUT2D eigenvalue weighted by atomic mass is 35.5. The van der Waals surface area contributed by atoms with Crippen LogP contribution in [0.25, 0.3) is 11.2 Å². The Morgan fingerprint density at radius 3 is 2.66 bits per heavy atom. The van der Waals surface area contributed by atoms with E-state index in [-0.39, 0.29) is 41.6 Å². The van der Waals surface area contributed by atoms with E-state index < -0.39 is 0 Å². The lowest BCUT2D eigenvalue weighted by Crippen LogP contribution is -2.63. The normalized spacial score (nSPS) is 36.8. The van der Waals surface area contributed by atoms with Crippen LogP contribution in [-0.4, -0.2) is 73.6 Å². The van der Waals surface area contributed by atoms with E-state index in [4.69, 9.17) is 16.3 Å². The maximum absolute atomic E-state index is 12.1. The fourth-order valence-electron chi connectivity index (χ4n) is 8.41. The molecule has 4 aliphatic rings. The van der Waals surface area contributed by atoms with Gasteiger partial charge in [-0.2, -0.15) is 9.97 Å². The Kier molecular flexibility index (Phi) is 6.81. The van der Waals surface area contributed by atoms with Gasteiger partial charge in [0.15, 0.2) is 17.0 Å². The number of aliphatic hydroxyl groups excluding tert-OH is 2. The van der Waals surface area contributed by atoms with E-state index in [0.717, 1.165) is 44.9 Å². The molecule has 6 rings (SSSR count). The standard InChI is InChI=1S/C27H39ClN6O4/c1-26-9-8-20(37)30-19(26)5-3-16-17(26)7-10-27(2)18(16)4-6-21(38-27)34-15-29-22-23(31-25(28)32-24(22)34)33(11-13-35)12-14-36/h15-19,21,35-36H,3-14H2,1-2H3,(H,30,37)/t16-,17+,18+,19-,21+,26-,27+/m1/s1. The molecule has 0 aromatic carbocycles. The molecular weight excluding hydrogens is 508 g/mol. The molecule has 0 unspecified atom stereocenters. The molecule has 11 heteroatoms. The lowest BCUT2D eigenvalue weighted by Gasteiger charge is -2.62. The second-order valence-corrected chi connectivity index (χ2v) is 12.5. The van der Waals surface area contributed by atoms with Gasteiger partial charge in [0.25, 0.3) is 0 Å². The number of aliphatic hydroxyl groups is 2. The van der Waals surface area contributed by atoms with Gasteiger partial charge in [0, 0.05) is 25.6 Å². The van der Waals surface area contributed by atoms with Crippen molar-refractivity contribution in [1.82, 2.24) is 24.8 Å². The Labute approximate surface area is 228 Å². The van der Waals surface area contributed by atoms with Gasteiger partial charge in [-0.05, 0) is 86.6 Å². The van der Waals surface area contributed by atoms with Crippen LogP contribution in [0.15, 0.2) is 6.33 Å². The van der Waals surface area contributed by atoms with Gasteiger partial charge in [-0.25, -0.2) is 4.98 Å². The molecule has 0 radical (unpaired) electrons. The summed E-state index contributed by atoms with van der Waals surface area (Å²) in [5.41, 5.74) is 1.13. The van der Waals surface area contributed by atoms with Gasteiger partial charge in [0.1, 0.15) is 6.23 Å². The van der Waals surface area contributed by atoms with Gasteiger partial charge in [-0.1, -0.05) is 6.92 Å². The van der Waals surface area contributed by atoms with Gasteiger partial charge < -0.3 is 25.2 Å². The van der Waals surface area contributed by atoms with Gasteiger partial charge in [0.2, 0.25) is 11.2 Å². The van der Waals surface area contributed by atoms with Crippen molar-refractivity contribution in [3.63, 3.8) is 0 Å². The fourth-order valence-corrected chi connectivity index (χ4v) is 8.57. The zero-order valence-electron chi connectivity index (χ0n) is 22.3. The first-order valence-electron chi connectivity index (χ1n) is 14.1. The van der Waals surface area contributed by atoms with Crippen molar-refractivity contribution in [1.29, 1.82) is 0 Å². The van der Waals surface area contributed by atoms with Crippen molar-refractivity contribution < 1.29 is 19.7 Å². The highest BCUT2D eigenvalue weighted by Crippen LogP contribution is 2.61. The van der Waals surface area contributed by atoms with Crippen molar-refractivity contribution >= 4 is 34.5 Å². The molecule has 2 saturated heterocycles. The van der Waals surface area contributed by atoms with Crippen molar-refractivity contribution in [2.45, 2.75) is 83.1 Å². The SMILES string of the molecule is C[C@]12CCC(=O)N[C@@H]1CC[C@@H]1[C@@H]2CC[C@]2(C)O[C@H](n3cnc4c(N(CCO)CCO)nc(Cl)nc43)CC[C@@H]12. The third kappa shape index (κ3) is 4.19. The molecular formula is C27H39ClN6O4. The summed E-state index contributed by atoms with van der Waals surface area (Å²) < 4.78 is 8.93. The van der Waals surface area contributed by atoms with Crippen LogP contribution in [0.1, 0.15) is 71.4 Å². The summed E-state index contributed by atoms with van der Waals surface area (Å²) >= 11 is 6.35. The number of piperidine rings is 1. The Balaban J connectivity index is 1.26. The minimum absolute atomic E-state index is 0.0797. The summed E-state index contributed by atoms with van der Waals surface area (Å²) in [6, 6.07) is 0.304. The fraction of sp³-hybridized carbons (Fsp3) is 0.778. The van der Waals surface area contributed by atoms with E-state index in [1.165, 1.54) is 0 Å². The minimum Gasteiger partial charge on any atom is -0.395 e. The van der Waals surface area contributed by atoms with Crippen LogP contribution in [-0.2, 0) is 9.53 Å². The molecule has 2 aliphatic carbocycles. The monoisotopic (exact) mass is 546 g/mol. The largest absolute Gasteiger partial charge is 0.395 e. The smallest absolute Gasteiger partial charge is 0.226 e. The predicted octanol–water partition coefficient (Wildman–Crippen LogP) is 3.06. The van der Waals surface area contributed by atoms with E-state index in [1.54, 1.807) is 11.2 Å². The first-order chi connectivity index (χ1) is 18.3. The minimum atomic E-state index is -0.235. The van der Waals surface area contributed by atoms with Gasteiger partial charge >= 0.3 is 0 Å². The Bertz CT molecular complexity index is 1200. The van der Waals surface area contributed by atoms with Gasteiger partial charge in [0.05, 0.1) is 25.1 Å². The molecule has 0 bridgehead atoms. The Morgan fingerprint density at radius 1 is 1.11 bits per heavy atom. The van der Waals surface area contributed by atoms with Crippen molar-refractivity contribution in [3.8, 4) is 0 Å². The van der Waals surface area contributed by atoms with E-state index in [0.29, 0.717) is 60.3 Å². The molecule has 4 heterocycles. The number of carbonyl (C=O) groups excluding carboxylic acids is 1. The van der Waals surface area contributed by atoms with Crippen LogP contribution >= 0.6 is 11.6 Å².